The summed E-state index contributed by atoms with van der Waals surface area (Å²) in [6.45, 7) is 9.39. The van der Waals surface area contributed by atoms with E-state index in [1.54, 1.807) is 30.1 Å². The van der Waals surface area contributed by atoms with Crippen LogP contribution in [0, 0.1) is 6.92 Å². The number of aromatic nitrogens is 1. The standard InChI is InChI=1S/C23H28ClN3O5S/c1-13(26(6)22(30)32-23(3,4)5)10-17-14(2)19-20(33-17)16(11-18(24)25-19)27(21(28)29)12-15-8-7-9-31-15/h7-9,11,13H,10,12H2,1-6H3,(H,28,29). The van der Waals surface area contributed by atoms with Gasteiger partial charge in [0.1, 0.15) is 16.5 Å². The number of nitrogens with zero attached hydrogens (tertiary/aromatic N) is 3. The quantitative estimate of drug-likeness (QED) is 0.403. The normalized spacial score (nSPS) is 12.6. The Hall–Kier alpha value is -2.78. The van der Waals surface area contributed by atoms with Crippen molar-refractivity contribution in [1.82, 2.24) is 9.88 Å². The Morgan fingerprint density at radius 1 is 1.36 bits per heavy atom. The molecule has 0 spiro atoms. The molecule has 2 amide bonds. The van der Waals surface area contributed by atoms with Gasteiger partial charge < -0.3 is 19.2 Å². The third-order valence-corrected chi connectivity index (χ3v) is 6.68. The number of pyridine rings is 1. The van der Waals surface area contributed by atoms with Gasteiger partial charge in [0, 0.05) is 30.5 Å². The van der Waals surface area contributed by atoms with Crippen LogP contribution in [0.4, 0.5) is 15.3 Å². The lowest BCUT2D eigenvalue weighted by molar-refractivity contribution is 0.0236. The zero-order valence-electron chi connectivity index (χ0n) is 19.5. The first-order chi connectivity index (χ1) is 15.4. The number of carboxylic acid groups (broad SMARTS) is 1. The van der Waals surface area contributed by atoms with Crippen LogP contribution < -0.4 is 4.90 Å². The second-order valence-electron chi connectivity index (χ2n) is 8.88. The van der Waals surface area contributed by atoms with Crippen LogP contribution in [0.2, 0.25) is 5.15 Å². The minimum atomic E-state index is -1.12. The van der Waals surface area contributed by atoms with Crippen molar-refractivity contribution < 1.29 is 23.8 Å². The Morgan fingerprint density at radius 3 is 2.64 bits per heavy atom. The van der Waals surface area contributed by atoms with E-state index in [1.165, 1.54) is 22.5 Å². The molecule has 178 valence electrons. The van der Waals surface area contributed by atoms with E-state index in [-0.39, 0.29) is 17.7 Å². The molecular weight excluding hydrogens is 466 g/mol. The first-order valence-electron chi connectivity index (χ1n) is 10.4. The summed E-state index contributed by atoms with van der Waals surface area (Å²) in [5.41, 5.74) is 1.42. The number of halogens is 1. The number of carbonyl (C=O) groups is 2. The lowest BCUT2D eigenvalue weighted by atomic mass is 10.1. The monoisotopic (exact) mass is 493 g/mol. The summed E-state index contributed by atoms with van der Waals surface area (Å²) in [7, 11) is 1.71. The molecule has 1 N–H and O–H groups in total. The maximum atomic E-state index is 12.5. The summed E-state index contributed by atoms with van der Waals surface area (Å²) in [5.74, 6) is 0.514. The molecule has 8 nitrogen and oxygen atoms in total. The largest absolute Gasteiger partial charge is 0.467 e. The molecule has 1 atom stereocenters. The van der Waals surface area contributed by atoms with Gasteiger partial charge in [0.25, 0.3) is 0 Å². The molecule has 0 aliphatic rings. The van der Waals surface area contributed by atoms with Gasteiger partial charge in [-0.2, -0.15) is 0 Å². The molecule has 0 aliphatic heterocycles. The predicted octanol–water partition coefficient (Wildman–Crippen LogP) is 6.33. The summed E-state index contributed by atoms with van der Waals surface area (Å²) < 4.78 is 11.5. The number of hydrogen-bond donors (Lipinski definition) is 1. The molecule has 33 heavy (non-hydrogen) atoms. The Balaban J connectivity index is 1.95. The van der Waals surface area contributed by atoms with Crippen molar-refractivity contribution in [3.63, 3.8) is 0 Å². The van der Waals surface area contributed by atoms with Crippen LogP contribution in [-0.4, -0.2) is 45.9 Å². The first-order valence-corrected chi connectivity index (χ1v) is 11.6. The van der Waals surface area contributed by atoms with Gasteiger partial charge in [0.05, 0.1) is 28.7 Å². The molecule has 3 rings (SSSR count). The number of amides is 2. The lowest BCUT2D eigenvalue weighted by Gasteiger charge is -2.28. The van der Waals surface area contributed by atoms with Crippen LogP contribution in [0.1, 0.15) is 43.9 Å². The zero-order chi connectivity index (χ0) is 24.5. The molecule has 3 heterocycles. The van der Waals surface area contributed by atoms with Crippen molar-refractivity contribution in [3.8, 4) is 0 Å². The molecule has 0 saturated heterocycles. The second-order valence-corrected chi connectivity index (χ2v) is 10.4. The van der Waals surface area contributed by atoms with Crippen LogP contribution in [0.3, 0.4) is 0 Å². The van der Waals surface area contributed by atoms with Crippen LogP contribution in [0.25, 0.3) is 10.2 Å². The topological polar surface area (TPSA) is 96.1 Å². The number of thiophene rings is 1. The predicted molar refractivity (Wildman–Crippen MR) is 129 cm³/mol. The van der Waals surface area contributed by atoms with Crippen LogP contribution in [-0.2, 0) is 17.7 Å². The van der Waals surface area contributed by atoms with Gasteiger partial charge in [-0.1, -0.05) is 11.6 Å². The maximum Gasteiger partial charge on any atom is 0.412 e. The van der Waals surface area contributed by atoms with Crippen molar-refractivity contribution in [1.29, 1.82) is 0 Å². The lowest BCUT2D eigenvalue weighted by Crippen LogP contribution is -2.40. The fourth-order valence-corrected chi connectivity index (χ4v) is 4.88. The Kier molecular flexibility index (Phi) is 7.23. The van der Waals surface area contributed by atoms with Gasteiger partial charge in [0.2, 0.25) is 0 Å². The number of anilines is 1. The highest BCUT2D eigenvalue weighted by atomic mass is 35.5. The number of aryl methyl sites for hydroxylation is 1. The number of likely N-dealkylation sites (N-methyl/N-ethyl adjacent to an activating group) is 1. The van der Waals surface area contributed by atoms with Gasteiger partial charge in [0.15, 0.2) is 0 Å². The van der Waals surface area contributed by atoms with Gasteiger partial charge in [-0.3, -0.25) is 4.90 Å². The Bertz CT molecular complexity index is 1150. The van der Waals surface area contributed by atoms with Gasteiger partial charge >= 0.3 is 12.2 Å². The average molecular weight is 494 g/mol. The summed E-state index contributed by atoms with van der Waals surface area (Å²) in [6, 6.07) is 4.83. The van der Waals surface area contributed by atoms with Crippen LogP contribution in [0.15, 0.2) is 28.9 Å². The zero-order valence-corrected chi connectivity index (χ0v) is 21.1. The number of carbonyl (C=O) groups excluding carboxylic acids is 1. The molecule has 1 unspecified atom stereocenters. The number of hydrogen-bond acceptors (Lipinski definition) is 6. The number of rotatable bonds is 6. The van der Waals surface area contributed by atoms with E-state index >= 15 is 0 Å². The SMILES string of the molecule is Cc1c(CC(C)N(C)C(=O)OC(C)(C)C)sc2c(N(Cc3ccco3)C(=O)O)cc(Cl)nc12. The maximum absolute atomic E-state index is 12.5. The van der Waals surface area contributed by atoms with Gasteiger partial charge in [-0.25, -0.2) is 14.6 Å². The van der Waals surface area contributed by atoms with Crippen molar-refractivity contribution in [2.75, 3.05) is 11.9 Å². The smallest absolute Gasteiger partial charge is 0.412 e. The second kappa shape index (κ2) is 9.61. The third-order valence-electron chi connectivity index (χ3n) is 5.16. The Morgan fingerprint density at radius 2 is 2.06 bits per heavy atom. The highest BCUT2D eigenvalue weighted by molar-refractivity contribution is 7.19. The van der Waals surface area contributed by atoms with Gasteiger partial charge in [-0.05, 0) is 52.3 Å². The van der Waals surface area contributed by atoms with Crippen molar-refractivity contribution in [2.24, 2.45) is 0 Å². The molecule has 0 saturated carbocycles. The number of ether oxygens (including phenoxy) is 1. The third kappa shape index (κ3) is 5.78. The summed E-state index contributed by atoms with van der Waals surface area (Å²) in [4.78, 5) is 32.8. The van der Waals surface area contributed by atoms with Crippen LogP contribution >= 0.6 is 22.9 Å². The Labute approximate surface area is 201 Å². The number of furan rings is 1. The van der Waals surface area contributed by atoms with Crippen molar-refractivity contribution >= 4 is 51.0 Å². The molecule has 3 aromatic rings. The highest BCUT2D eigenvalue weighted by Gasteiger charge is 2.26. The van der Waals surface area contributed by atoms with Crippen molar-refractivity contribution in [3.05, 3.63) is 45.8 Å². The summed E-state index contributed by atoms with van der Waals surface area (Å²) >= 11 is 7.73. The summed E-state index contributed by atoms with van der Waals surface area (Å²) in [6.07, 6.45) is 0.539. The van der Waals surface area contributed by atoms with Crippen LogP contribution in [0.5, 0.6) is 0 Å². The average Bonchev–Trinajstić information content (AvgIpc) is 3.32. The molecule has 0 aliphatic carbocycles. The van der Waals surface area contributed by atoms with E-state index in [0.717, 1.165) is 10.4 Å². The molecule has 0 radical (unpaired) electrons. The fourth-order valence-electron chi connectivity index (χ4n) is 3.30. The van der Waals surface area contributed by atoms with E-state index in [0.29, 0.717) is 28.1 Å². The molecule has 0 aromatic carbocycles. The highest BCUT2D eigenvalue weighted by Crippen LogP contribution is 2.39. The number of fused-ring (bicyclic) bond motifs is 1. The minimum absolute atomic E-state index is 0.0435. The minimum Gasteiger partial charge on any atom is -0.467 e. The molecule has 0 bridgehead atoms. The van der Waals surface area contributed by atoms with E-state index in [1.807, 2.05) is 34.6 Å². The molecule has 0 fully saturated rings. The molecule has 3 aromatic heterocycles. The summed E-state index contributed by atoms with van der Waals surface area (Å²) in [5, 5.41) is 10.1. The first kappa shape index (κ1) is 24.9. The van der Waals surface area contributed by atoms with Crippen molar-refractivity contribution in [2.45, 2.75) is 59.2 Å². The fraction of sp³-hybridized carbons (Fsp3) is 0.435. The van der Waals surface area contributed by atoms with E-state index < -0.39 is 17.8 Å². The van der Waals surface area contributed by atoms with E-state index in [9.17, 15) is 14.7 Å². The molecule has 10 heteroatoms. The molecular formula is C23H28ClN3O5S. The van der Waals surface area contributed by atoms with E-state index in [2.05, 4.69) is 4.98 Å². The van der Waals surface area contributed by atoms with Gasteiger partial charge in [-0.15, -0.1) is 11.3 Å². The van der Waals surface area contributed by atoms with E-state index in [4.69, 9.17) is 20.8 Å².